The maximum absolute atomic E-state index is 12.1. The van der Waals surface area contributed by atoms with Crippen LogP contribution >= 0.6 is 11.3 Å². The van der Waals surface area contributed by atoms with Gasteiger partial charge in [-0.05, 0) is 51.7 Å². The Labute approximate surface area is 190 Å². The lowest BCUT2D eigenvalue weighted by Crippen LogP contribution is -2.42. The molecule has 0 saturated heterocycles. The van der Waals surface area contributed by atoms with Crippen LogP contribution in [0.5, 0.6) is 0 Å². The van der Waals surface area contributed by atoms with Gasteiger partial charge in [0.25, 0.3) is 0 Å². The third kappa shape index (κ3) is 5.98. The van der Waals surface area contributed by atoms with Crippen molar-refractivity contribution in [3.05, 3.63) is 82.7 Å². The van der Waals surface area contributed by atoms with E-state index in [1.165, 1.54) is 0 Å². The number of ether oxygens (including phenoxy) is 1. The molecule has 0 aliphatic carbocycles. The molecule has 2 N–H and O–H groups in total. The molecule has 4 aromatic rings. The van der Waals surface area contributed by atoms with E-state index in [9.17, 15) is 14.7 Å². The predicted octanol–water partition coefficient (Wildman–Crippen LogP) is 6.11. The molecule has 4 rings (SSSR count). The molecule has 2 aromatic carbocycles. The van der Waals surface area contributed by atoms with Gasteiger partial charge in [0.1, 0.15) is 17.4 Å². The van der Waals surface area contributed by atoms with Gasteiger partial charge < -0.3 is 19.6 Å². The van der Waals surface area contributed by atoms with Crippen LogP contribution in [-0.2, 0) is 22.6 Å². The fourth-order valence-electron chi connectivity index (χ4n) is 3.15. The Hall–Kier alpha value is -3.58. The lowest BCUT2D eigenvalue weighted by molar-refractivity contribution is -0.139. The van der Waals surface area contributed by atoms with E-state index in [-0.39, 0.29) is 13.0 Å². The molecule has 166 valence electrons. The third-order valence-corrected chi connectivity index (χ3v) is 5.32. The summed E-state index contributed by atoms with van der Waals surface area (Å²) in [4.78, 5) is 23.6. The summed E-state index contributed by atoms with van der Waals surface area (Å²) < 4.78 is 10.9. The lowest BCUT2D eigenvalue weighted by atomic mass is 10.1. The van der Waals surface area contributed by atoms with Crippen molar-refractivity contribution in [2.24, 2.45) is 0 Å². The fourth-order valence-corrected chi connectivity index (χ4v) is 3.81. The van der Waals surface area contributed by atoms with Gasteiger partial charge in [0.2, 0.25) is 0 Å². The molecule has 0 aliphatic heterocycles. The summed E-state index contributed by atoms with van der Waals surface area (Å²) in [6.07, 6.45) is -0.640. The average molecular weight is 452 g/mol. The first kappa shape index (κ1) is 23.1. The monoisotopic (exact) mass is 451 g/mol. The number of furan rings is 1. The van der Waals surface area contributed by atoms with Crippen LogP contribution in [0.1, 0.15) is 25.2 Å². The number of carboxylic acid groups (broad SMARTS) is 1. The molecule has 32 heavy (non-hydrogen) atoms. The van der Waals surface area contributed by atoms with Gasteiger partial charge in [-0.3, -0.25) is 0 Å². The van der Waals surface area contributed by atoms with Gasteiger partial charge in [0, 0.05) is 11.8 Å². The van der Waals surface area contributed by atoms with Gasteiger partial charge in [-0.2, -0.15) is 11.3 Å². The Morgan fingerprint density at radius 3 is 2.53 bits per heavy atom. The highest BCUT2D eigenvalue weighted by atomic mass is 32.1. The molecule has 0 fully saturated rings. The maximum atomic E-state index is 12.1. The number of carbonyl (C=O) groups is 2. The molecule has 2 aromatic heterocycles. The van der Waals surface area contributed by atoms with Crippen LogP contribution in [0, 0.1) is 0 Å². The highest BCUT2D eigenvalue weighted by Crippen LogP contribution is 2.28. The molecular weight excluding hydrogens is 426 g/mol. The van der Waals surface area contributed by atoms with Crippen molar-refractivity contribution in [1.29, 1.82) is 0 Å². The zero-order valence-corrected chi connectivity index (χ0v) is 18.7. The zero-order chi connectivity index (χ0) is 22.9. The van der Waals surface area contributed by atoms with Crippen LogP contribution in [0.2, 0.25) is 0 Å². The van der Waals surface area contributed by atoms with E-state index in [0.717, 1.165) is 22.1 Å². The molecule has 0 aliphatic rings. The smallest absolute Gasteiger partial charge is 0.408 e. The van der Waals surface area contributed by atoms with E-state index in [0.29, 0.717) is 11.3 Å². The van der Waals surface area contributed by atoms with Crippen molar-refractivity contribution in [1.82, 2.24) is 5.32 Å². The number of thiophene rings is 1. The summed E-state index contributed by atoms with van der Waals surface area (Å²) in [7, 11) is 0. The number of rotatable bonds is 7. The fraction of sp³-hybridized carbons (Fsp3) is 0.200. The number of fused-ring (bicyclic) bond motifs is 1. The molecule has 0 radical (unpaired) electrons. The first-order valence-electron chi connectivity index (χ1n) is 10.3. The van der Waals surface area contributed by atoms with Gasteiger partial charge >= 0.3 is 12.1 Å². The summed E-state index contributed by atoms with van der Waals surface area (Å²) in [5.74, 6) is -0.641. The van der Waals surface area contributed by atoms with Crippen molar-refractivity contribution in [3.63, 3.8) is 0 Å². The SMILES string of the molecule is CC.O=C(NC(Cc1ccccc1)C(=O)O)OCc1cc2cc(-c3ccsc3)ccc2o1. The highest BCUT2D eigenvalue weighted by molar-refractivity contribution is 7.08. The number of nitrogens with one attached hydrogen (secondary N) is 1. The Morgan fingerprint density at radius 1 is 1.06 bits per heavy atom. The largest absolute Gasteiger partial charge is 0.480 e. The van der Waals surface area contributed by atoms with Crippen molar-refractivity contribution in [2.45, 2.75) is 32.9 Å². The highest BCUT2D eigenvalue weighted by Gasteiger charge is 2.21. The van der Waals surface area contributed by atoms with Gasteiger partial charge in [-0.1, -0.05) is 50.2 Å². The van der Waals surface area contributed by atoms with E-state index in [1.54, 1.807) is 11.3 Å². The molecule has 7 heteroatoms. The summed E-state index contributed by atoms with van der Waals surface area (Å²) in [5.41, 5.74) is 3.72. The standard InChI is InChI=1S/C23H19NO5S.C2H6/c25-22(26)20(10-15-4-2-1-3-5-15)24-23(27)28-13-19-12-18-11-16(6-7-21(18)29-19)17-8-9-30-14-17;1-2/h1-9,11-12,14,20H,10,13H2,(H,24,27)(H,25,26);1-2H3. The molecule has 2 heterocycles. The van der Waals surface area contributed by atoms with Crippen molar-refractivity contribution >= 4 is 34.4 Å². The Balaban J connectivity index is 0.00000141. The van der Waals surface area contributed by atoms with E-state index in [2.05, 4.69) is 16.8 Å². The number of amides is 1. The first-order valence-corrected chi connectivity index (χ1v) is 11.3. The van der Waals surface area contributed by atoms with E-state index < -0.39 is 18.1 Å². The maximum Gasteiger partial charge on any atom is 0.408 e. The van der Waals surface area contributed by atoms with Gasteiger partial charge in [0.15, 0.2) is 6.61 Å². The molecule has 0 saturated carbocycles. The van der Waals surface area contributed by atoms with Crippen LogP contribution < -0.4 is 5.32 Å². The van der Waals surface area contributed by atoms with Gasteiger partial charge in [-0.15, -0.1) is 0 Å². The molecule has 0 spiro atoms. The van der Waals surface area contributed by atoms with Crippen LogP contribution in [0.15, 0.2) is 75.8 Å². The summed E-state index contributed by atoms with van der Waals surface area (Å²) in [5, 5.41) is 16.8. The number of aliphatic carboxylic acids is 1. The van der Waals surface area contributed by atoms with Crippen LogP contribution in [0.3, 0.4) is 0 Å². The summed E-state index contributed by atoms with van der Waals surface area (Å²) >= 11 is 1.63. The number of hydrogen-bond acceptors (Lipinski definition) is 5. The minimum atomic E-state index is -1.12. The Kier molecular flexibility index (Phi) is 8.05. The number of carbonyl (C=O) groups excluding carboxylic acids is 1. The molecular formula is C25H25NO5S. The van der Waals surface area contributed by atoms with Crippen LogP contribution in [0.25, 0.3) is 22.1 Å². The van der Waals surface area contributed by atoms with Crippen molar-refractivity contribution in [2.75, 3.05) is 0 Å². The number of carboxylic acids is 1. The first-order chi connectivity index (χ1) is 15.6. The lowest BCUT2D eigenvalue weighted by Gasteiger charge is -2.14. The second-order valence-corrected chi connectivity index (χ2v) is 7.56. The van der Waals surface area contributed by atoms with E-state index in [1.807, 2.05) is 73.8 Å². The molecule has 1 unspecified atom stereocenters. The Morgan fingerprint density at radius 2 is 1.84 bits per heavy atom. The summed E-state index contributed by atoms with van der Waals surface area (Å²) in [6, 6.07) is 17.8. The van der Waals surface area contributed by atoms with Crippen molar-refractivity contribution < 1.29 is 23.8 Å². The van der Waals surface area contributed by atoms with Gasteiger partial charge in [-0.25, -0.2) is 9.59 Å². The molecule has 0 bridgehead atoms. The van der Waals surface area contributed by atoms with Gasteiger partial charge in [0.05, 0.1) is 0 Å². The normalized spacial score (nSPS) is 11.3. The summed E-state index contributed by atoms with van der Waals surface area (Å²) in [6.45, 7) is 3.91. The van der Waals surface area contributed by atoms with E-state index >= 15 is 0 Å². The predicted molar refractivity (Wildman–Crippen MR) is 126 cm³/mol. The second kappa shape index (κ2) is 11.2. The topological polar surface area (TPSA) is 88.8 Å². The number of hydrogen-bond donors (Lipinski definition) is 2. The quantitative estimate of drug-likeness (QED) is 0.354. The molecule has 6 nitrogen and oxygen atoms in total. The number of alkyl carbamates (subject to hydrolysis) is 1. The molecule has 1 amide bonds. The van der Waals surface area contributed by atoms with Crippen LogP contribution in [-0.4, -0.2) is 23.2 Å². The van der Waals surface area contributed by atoms with Crippen molar-refractivity contribution in [3.8, 4) is 11.1 Å². The average Bonchev–Trinajstić information content (AvgIpc) is 3.48. The zero-order valence-electron chi connectivity index (χ0n) is 17.9. The third-order valence-electron chi connectivity index (χ3n) is 4.64. The van der Waals surface area contributed by atoms with Crippen LogP contribution in [0.4, 0.5) is 4.79 Å². The second-order valence-electron chi connectivity index (χ2n) is 6.78. The van der Waals surface area contributed by atoms with E-state index in [4.69, 9.17) is 9.15 Å². The minimum absolute atomic E-state index is 0.0913. The number of benzene rings is 2. The Bertz CT molecular complexity index is 1150. The molecule has 1 atom stereocenters. The minimum Gasteiger partial charge on any atom is -0.480 e.